The minimum Gasteiger partial charge on any atom is -0.480 e. The minimum atomic E-state index is -1.03. The van der Waals surface area contributed by atoms with Gasteiger partial charge in [0.2, 0.25) is 0 Å². The summed E-state index contributed by atoms with van der Waals surface area (Å²) >= 11 is 0. The summed E-state index contributed by atoms with van der Waals surface area (Å²) in [5.41, 5.74) is 0. The third-order valence-electron chi connectivity index (χ3n) is 2.15. The fourth-order valence-electron chi connectivity index (χ4n) is 1.53. The molecule has 0 saturated heterocycles. The van der Waals surface area contributed by atoms with Gasteiger partial charge in [-0.2, -0.15) is 0 Å². The van der Waals surface area contributed by atoms with Gasteiger partial charge in [0, 0.05) is 6.54 Å². The van der Waals surface area contributed by atoms with Crippen molar-refractivity contribution >= 4 is 11.9 Å². The lowest BCUT2D eigenvalue weighted by molar-refractivity contribution is -0.137. The monoisotopic (exact) mass is 239 g/mol. The van der Waals surface area contributed by atoms with Crippen molar-refractivity contribution < 1.29 is 19.1 Å². The zero-order valence-corrected chi connectivity index (χ0v) is 10.3. The topological polar surface area (TPSA) is 70.8 Å². The highest BCUT2D eigenvalue weighted by Crippen LogP contribution is 2.11. The van der Waals surface area contributed by atoms with Crippen LogP contribution in [0.5, 0.6) is 0 Å². The molecule has 0 atom stereocenters. The predicted molar refractivity (Wildman–Crippen MR) is 61.8 cm³/mol. The van der Waals surface area contributed by atoms with Crippen LogP contribution in [0.15, 0.2) is 16.5 Å². The molecule has 0 saturated carbocycles. The van der Waals surface area contributed by atoms with Crippen LogP contribution in [0.25, 0.3) is 0 Å². The van der Waals surface area contributed by atoms with E-state index in [4.69, 9.17) is 9.52 Å². The van der Waals surface area contributed by atoms with Gasteiger partial charge in [-0.05, 0) is 25.0 Å². The van der Waals surface area contributed by atoms with Crippen LogP contribution < -0.4 is 0 Å². The average Bonchev–Trinajstić information content (AvgIpc) is 2.61. The van der Waals surface area contributed by atoms with E-state index in [9.17, 15) is 9.59 Å². The molecule has 0 fully saturated rings. The normalized spacial score (nSPS) is 10.6. The first-order valence-electron chi connectivity index (χ1n) is 5.47. The molecule has 1 aromatic heterocycles. The average molecular weight is 239 g/mol. The van der Waals surface area contributed by atoms with Gasteiger partial charge in [-0.1, -0.05) is 13.8 Å². The van der Waals surface area contributed by atoms with Gasteiger partial charge in [0.05, 0.1) is 0 Å². The highest BCUT2D eigenvalue weighted by atomic mass is 16.4. The fourth-order valence-corrected chi connectivity index (χ4v) is 1.53. The molecule has 0 aliphatic heterocycles. The van der Waals surface area contributed by atoms with E-state index in [0.29, 0.717) is 12.3 Å². The molecule has 5 heteroatoms. The summed E-state index contributed by atoms with van der Waals surface area (Å²) in [5.74, 6) is -0.386. The molecule has 0 aliphatic rings. The van der Waals surface area contributed by atoms with Crippen molar-refractivity contribution in [2.75, 3.05) is 13.1 Å². The third-order valence-corrected chi connectivity index (χ3v) is 2.15. The van der Waals surface area contributed by atoms with Crippen LogP contribution in [0.2, 0.25) is 0 Å². The quantitative estimate of drug-likeness (QED) is 0.850. The summed E-state index contributed by atoms with van der Waals surface area (Å²) in [6.45, 7) is 5.67. The summed E-state index contributed by atoms with van der Waals surface area (Å²) in [6.07, 6.45) is 0. The number of hydrogen-bond acceptors (Lipinski definition) is 3. The molecule has 0 aromatic carbocycles. The van der Waals surface area contributed by atoms with E-state index in [1.165, 1.54) is 4.90 Å². The van der Waals surface area contributed by atoms with Gasteiger partial charge in [0.25, 0.3) is 5.91 Å². The van der Waals surface area contributed by atoms with Gasteiger partial charge in [0.1, 0.15) is 12.3 Å². The van der Waals surface area contributed by atoms with Crippen molar-refractivity contribution in [3.63, 3.8) is 0 Å². The lowest BCUT2D eigenvalue weighted by atomic mass is 10.2. The Bertz CT molecular complexity index is 408. The van der Waals surface area contributed by atoms with Gasteiger partial charge >= 0.3 is 5.97 Å². The molecular weight excluding hydrogens is 222 g/mol. The van der Waals surface area contributed by atoms with Gasteiger partial charge in [-0.3, -0.25) is 9.59 Å². The van der Waals surface area contributed by atoms with Crippen LogP contribution in [-0.2, 0) is 4.79 Å². The third kappa shape index (κ3) is 3.94. The van der Waals surface area contributed by atoms with Crippen LogP contribution in [0, 0.1) is 12.8 Å². The summed E-state index contributed by atoms with van der Waals surface area (Å²) in [4.78, 5) is 24.0. The first-order chi connectivity index (χ1) is 7.90. The number of carbonyl (C=O) groups is 2. The predicted octanol–water partition coefficient (Wildman–Crippen LogP) is 1.77. The summed E-state index contributed by atoms with van der Waals surface area (Å²) in [6, 6.07) is 3.24. The number of carboxylic acid groups (broad SMARTS) is 1. The standard InChI is InChI=1S/C12H17NO4/c1-8(2)6-13(7-11(14)15)12(16)10-5-4-9(3)17-10/h4-5,8H,6-7H2,1-3H3,(H,14,15). The summed E-state index contributed by atoms with van der Waals surface area (Å²) in [7, 11) is 0. The number of rotatable bonds is 5. The maximum absolute atomic E-state index is 12.0. The van der Waals surface area contributed by atoms with E-state index in [-0.39, 0.29) is 24.1 Å². The number of aliphatic carboxylic acids is 1. The Labute approximate surface area is 100 Å². The molecular formula is C12H17NO4. The second-order valence-electron chi connectivity index (χ2n) is 4.38. The lowest BCUT2D eigenvalue weighted by Gasteiger charge is -2.21. The van der Waals surface area contributed by atoms with E-state index in [0.717, 1.165) is 0 Å². The van der Waals surface area contributed by atoms with Crippen molar-refractivity contribution in [2.45, 2.75) is 20.8 Å². The Morgan fingerprint density at radius 2 is 2.06 bits per heavy atom. The summed E-state index contributed by atoms with van der Waals surface area (Å²) in [5, 5.41) is 8.77. The molecule has 1 heterocycles. The van der Waals surface area contributed by atoms with Crippen LogP contribution in [0.1, 0.15) is 30.2 Å². The Hall–Kier alpha value is -1.78. The zero-order valence-electron chi connectivity index (χ0n) is 10.3. The smallest absolute Gasteiger partial charge is 0.323 e. The van der Waals surface area contributed by atoms with Gasteiger partial charge in [0.15, 0.2) is 5.76 Å². The molecule has 94 valence electrons. The van der Waals surface area contributed by atoms with E-state index in [2.05, 4.69) is 0 Å². The Kier molecular flexibility index (Phi) is 4.31. The molecule has 1 rings (SSSR count). The second-order valence-corrected chi connectivity index (χ2v) is 4.38. The highest BCUT2D eigenvalue weighted by molar-refractivity contribution is 5.93. The number of furan rings is 1. The van der Waals surface area contributed by atoms with Gasteiger partial charge < -0.3 is 14.4 Å². The maximum atomic E-state index is 12.0. The Morgan fingerprint density at radius 1 is 1.41 bits per heavy atom. The van der Waals surface area contributed by atoms with E-state index in [1.807, 2.05) is 13.8 Å². The molecule has 17 heavy (non-hydrogen) atoms. The van der Waals surface area contributed by atoms with Crippen molar-refractivity contribution in [1.82, 2.24) is 4.90 Å². The van der Waals surface area contributed by atoms with Crippen molar-refractivity contribution in [3.05, 3.63) is 23.7 Å². The van der Waals surface area contributed by atoms with Crippen LogP contribution in [0.4, 0.5) is 0 Å². The van der Waals surface area contributed by atoms with E-state index < -0.39 is 5.97 Å². The SMILES string of the molecule is Cc1ccc(C(=O)N(CC(=O)O)CC(C)C)o1. The Morgan fingerprint density at radius 3 is 2.47 bits per heavy atom. The second kappa shape index (κ2) is 5.52. The molecule has 1 aromatic rings. The number of amides is 1. The molecule has 1 N–H and O–H groups in total. The van der Waals surface area contributed by atoms with Crippen LogP contribution in [-0.4, -0.2) is 35.0 Å². The van der Waals surface area contributed by atoms with E-state index >= 15 is 0 Å². The maximum Gasteiger partial charge on any atom is 0.323 e. The highest BCUT2D eigenvalue weighted by Gasteiger charge is 2.21. The molecule has 5 nitrogen and oxygen atoms in total. The van der Waals surface area contributed by atoms with Crippen molar-refractivity contribution in [2.24, 2.45) is 5.92 Å². The molecule has 0 aliphatic carbocycles. The number of carboxylic acids is 1. The molecule has 0 unspecified atom stereocenters. The van der Waals surface area contributed by atoms with E-state index in [1.54, 1.807) is 19.1 Å². The zero-order chi connectivity index (χ0) is 13.0. The van der Waals surface area contributed by atoms with Gasteiger partial charge in [-0.25, -0.2) is 0 Å². The van der Waals surface area contributed by atoms with Crippen molar-refractivity contribution in [3.8, 4) is 0 Å². The first kappa shape index (κ1) is 13.3. The van der Waals surface area contributed by atoms with Crippen molar-refractivity contribution in [1.29, 1.82) is 0 Å². The Balaban J connectivity index is 2.82. The lowest BCUT2D eigenvalue weighted by Crippen LogP contribution is -2.38. The number of nitrogens with zero attached hydrogens (tertiary/aromatic N) is 1. The minimum absolute atomic E-state index is 0.185. The molecule has 0 bridgehead atoms. The first-order valence-corrected chi connectivity index (χ1v) is 5.47. The molecule has 1 amide bonds. The summed E-state index contributed by atoms with van der Waals surface area (Å²) < 4.78 is 5.21. The van der Waals surface area contributed by atoms with Gasteiger partial charge in [-0.15, -0.1) is 0 Å². The van der Waals surface area contributed by atoms with Crippen LogP contribution >= 0.6 is 0 Å². The number of hydrogen-bond donors (Lipinski definition) is 1. The molecule has 0 radical (unpaired) electrons. The largest absolute Gasteiger partial charge is 0.480 e. The number of aryl methyl sites for hydroxylation is 1. The number of carbonyl (C=O) groups excluding carboxylic acids is 1. The molecule has 0 spiro atoms. The fraction of sp³-hybridized carbons (Fsp3) is 0.500. The van der Waals surface area contributed by atoms with Crippen LogP contribution in [0.3, 0.4) is 0 Å².